The quantitative estimate of drug-likeness (QED) is 0.710. The van der Waals surface area contributed by atoms with E-state index in [2.05, 4.69) is 30.3 Å². The second kappa shape index (κ2) is 7.74. The Balaban J connectivity index is 2.49. The second-order valence-electron chi connectivity index (χ2n) is 4.00. The van der Waals surface area contributed by atoms with Crippen LogP contribution < -0.4 is 5.32 Å². The van der Waals surface area contributed by atoms with Gasteiger partial charge in [-0.2, -0.15) is 16.9 Å². The largest absolute Gasteiger partial charge is 0.308 e. The number of hydrogen-bond acceptors (Lipinski definition) is 3. The molecule has 0 aliphatic rings. The fourth-order valence-corrected chi connectivity index (χ4v) is 2.51. The predicted octanol–water partition coefficient (Wildman–Crippen LogP) is 2.60. The molecule has 0 aliphatic heterocycles. The van der Waals surface area contributed by atoms with Crippen molar-refractivity contribution in [3.05, 3.63) is 18.0 Å². The van der Waals surface area contributed by atoms with Gasteiger partial charge in [-0.3, -0.25) is 4.68 Å². The molecule has 1 rings (SSSR count). The number of aromatic nitrogens is 2. The predicted molar refractivity (Wildman–Crippen MR) is 71.9 cm³/mol. The highest BCUT2D eigenvalue weighted by Crippen LogP contribution is 2.17. The fraction of sp³-hybridized carbons (Fsp3) is 0.750. The number of nitrogens with zero attached hydrogens (tertiary/aromatic N) is 2. The Hall–Kier alpha value is -0.480. The van der Waals surface area contributed by atoms with Crippen LogP contribution in [-0.2, 0) is 7.05 Å². The van der Waals surface area contributed by atoms with Crippen molar-refractivity contribution in [3.63, 3.8) is 0 Å². The first-order chi connectivity index (χ1) is 7.77. The smallest absolute Gasteiger partial charge is 0.0802 e. The summed E-state index contributed by atoms with van der Waals surface area (Å²) in [5.41, 5.74) is 1.17. The lowest BCUT2D eigenvalue weighted by molar-refractivity contribution is 0.555. The molecular formula is C12H23N3S. The molecular weight excluding hydrogens is 218 g/mol. The van der Waals surface area contributed by atoms with Crippen molar-refractivity contribution in [1.29, 1.82) is 0 Å². The van der Waals surface area contributed by atoms with E-state index in [1.165, 1.54) is 24.3 Å². The SMILES string of the molecule is CCCNC(CSCCC)c1ccn(C)n1. The second-order valence-corrected chi connectivity index (χ2v) is 5.15. The maximum absolute atomic E-state index is 4.48. The Morgan fingerprint density at radius 3 is 2.81 bits per heavy atom. The molecule has 1 aromatic rings. The first-order valence-electron chi connectivity index (χ1n) is 6.08. The highest BCUT2D eigenvalue weighted by atomic mass is 32.2. The topological polar surface area (TPSA) is 29.9 Å². The van der Waals surface area contributed by atoms with E-state index in [0.717, 1.165) is 12.3 Å². The van der Waals surface area contributed by atoms with Crippen LogP contribution in [0.1, 0.15) is 38.4 Å². The van der Waals surface area contributed by atoms with Crippen LogP contribution in [-0.4, -0.2) is 27.8 Å². The van der Waals surface area contributed by atoms with E-state index >= 15 is 0 Å². The zero-order chi connectivity index (χ0) is 11.8. The Labute approximate surface area is 103 Å². The molecule has 0 aliphatic carbocycles. The van der Waals surface area contributed by atoms with Crippen molar-refractivity contribution in [2.45, 2.75) is 32.7 Å². The van der Waals surface area contributed by atoms with E-state index in [1.54, 1.807) is 0 Å². The van der Waals surface area contributed by atoms with Gasteiger partial charge in [-0.15, -0.1) is 0 Å². The Morgan fingerprint density at radius 2 is 2.25 bits per heavy atom. The molecule has 0 bridgehead atoms. The van der Waals surface area contributed by atoms with Crippen molar-refractivity contribution in [2.24, 2.45) is 7.05 Å². The number of aryl methyl sites for hydroxylation is 1. The summed E-state index contributed by atoms with van der Waals surface area (Å²) in [5, 5.41) is 8.04. The molecule has 0 amide bonds. The van der Waals surface area contributed by atoms with Crippen LogP contribution in [0.25, 0.3) is 0 Å². The molecule has 4 heteroatoms. The molecule has 1 unspecified atom stereocenters. The first-order valence-corrected chi connectivity index (χ1v) is 7.24. The highest BCUT2D eigenvalue weighted by Gasteiger charge is 2.12. The van der Waals surface area contributed by atoms with Crippen LogP contribution in [0.15, 0.2) is 12.3 Å². The van der Waals surface area contributed by atoms with Gasteiger partial charge in [-0.1, -0.05) is 13.8 Å². The fourth-order valence-electron chi connectivity index (χ4n) is 1.53. The molecule has 0 spiro atoms. The Kier molecular flexibility index (Phi) is 6.57. The standard InChI is InChI=1S/C12H23N3S/c1-4-7-13-12(10-16-9-5-2)11-6-8-15(3)14-11/h6,8,12-13H,4-5,7,9-10H2,1-3H3. The molecule has 1 heterocycles. The molecule has 1 N–H and O–H groups in total. The van der Waals surface area contributed by atoms with Crippen molar-refractivity contribution in [3.8, 4) is 0 Å². The van der Waals surface area contributed by atoms with Gasteiger partial charge < -0.3 is 5.32 Å². The first kappa shape index (κ1) is 13.6. The Bertz CT molecular complexity index is 286. The lowest BCUT2D eigenvalue weighted by Crippen LogP contribution is -2.24. The molecule has 1 atom stereocenters. The monoisotopic (exact) mass is 241 g/mol. The molecule has 0 fully saturated rings. The lowest BCUT2D eigenvalue weighted by Gasteiger charge is -2.15. The van der Waals surface area contributed by atoms with Gasteiger partial charge in [0.15, 0.2) is 0 Å². The molecule has 16 heavy (non-hydrogen) atoms. The van der Waals surface area contributed by atoms with Crippen LogP contribution in [0.3, 0.4) is 0 Å². The maximum Gasteiger partial charge on any atom is 0.0802 e. The van der Waals surface area contributed by atoms with Gasteiger partial charge in [-0.05, 0) is 31.2 Å². The summed E-state index contributed by atoms with van der Waals surface area (Å²) in [4.78, 5) is 0. The third-order valence-electron chi connectivity index (χ3n) is 2.36. The third kappa shape index (κ3) is 4.58. The summed E-state index contributed by atoms with van der Waals surface area (Å²) in [5.74, 6) is 2.35. The number of rotatable bonds is 8. The van der Waals surface area contributed by atoms with Crippen LogP contribution in [0, 0.1) is 0 Å². The van der Waals surface area contributed by atoms with Gasteiger partial charge in [0.25, 0.3) is 0 Å². The summed E-state index contributed by atoms with van der Waals surface area (Å²) >= 11 is 2.00. The van der Waals surface area contributed by atoms with Crippen LogP contribution in [0.4, 0.5) is 0 Å². The van der Waals surface area contributed by atoms with Crippen LogP contribution in [0.5, 0.6) is 0 Å². The van der Waals surface area contributed by atoms with E-state index in [-0.39, 0.29) is 0 Å². The van der Waals surface area contributed by atoms with Gasteiger partial charge in [0, 0.05) is 19.0 Å². The lowest BCUT2D eigenvalue weighted by atomic mass is 10.2. The molecule has 0 saturated carbocycles. The highest BCUT2D eigenvalue weighted by molar-refractivity contribution is 7.99. The molecule has 0 aromatic carbocycles. The zero-order valence-electron chi connectivity index (χ0n) is 10.6. The van der Waals surface area contributed by atoms with E-state index in [4.69, 9.17) is 0 Å². The summed E-state index contributed by atoms with van der Waals surface area (Å²) in [6, 6.07) is 2.51. The van der Waals surface area contributed by atoms with Gasteiger partial charge in [0.2, 0.25) is 0 Å². The van der Waals surface area contributed by atoms with E-state index in [1.807, 2.05) is 29.7 Å². The average Bonchev–Trinajstić information content (AvgIpc) is 2.70. The molecule has 0 radical (unpaired) electrons. The van der Waals surface area contributed by atoms with Gasteiger partial charge in [-0.25, -0.2) is 0 Å². The van der Waals surface area contributed by atoms with Crippen LogP contribution in [0.2, 0.25) is 0 Å². The summed E-state index contributed by atoms with van der Waals surface area (Å²) < 4.78 is 1.88. The third-order valence-corrected chi connectivity index (χ3v) is 3.63. The number of thioether (sulfide) groups is 1. The Morgan fingerprint density at radius 1 is 1.44 bits per heavy atom. The van der Waals surface area contributed by atoms with Crippen molar-refractivity contribution < 1.29 is 0 Å². The maximum atomic E-state index is 4.48. The van der Waals surface area contributed by atoms with E-state index < -0.39 is 0 Å². The minimum absolute atomic E-state index is 0.401. The zero-order valence-corrected chi connectivity index (χ0v) is 11.4. The minimum Gasteiger partial charge on any atom is -0.308 e. The summed E-state index contributed by atoms with van der Waals surface area (Å²) in [6.45, 7) is 5.48. The number of nitrogens with one attached hydrogen (secondary N) is 1. The molecule has 1 aromatic heterocycles. The van der Waals surface area contributed by atoms with Crippen LogP contribution >= 0.6 is 11.8 Å². The van der Waals surface area contributed by atoms with Gasteiger partial charge in [0.05, 0.1) is 11.7 Å². The summed E-state index contributed by atoms with van der Waals surface area (Å²) in [7, 11) is 1.97. The van der Waals surface area contributed by atoms with Gasteiger partial charge >= 0.3 is 0 Å². The van der Waals surface area contributed by atoms with Crippen molar-refractivity contribution in [1.82, 2.24) is 15.1 Å². The van der Waals surface area contributed by atoms with Crippen molar-refractivity contribution >= 4 is 11.8 Å². The van der Waals surface area contributed by atoms with E-state index in [9.17, 15) is 0 Å². The minimum atomic E-state index is 0.401. The normalized spacial score (nSPS) is 12.9. The van der Waals surface area contributed by atoms with E-state index in [0.29, 0.717) is 6.04 Å². The number of hydrogen-bond donors (Lipinski definition) is 1. The van der Waals surface area contributed by atoms with Crippen molar-refractivity contribution in [2.75, 3.05) is 18.1 Å². The summed E-state index contributed by atoms with van der Waals surface area (Å²) in [6.07, 6.45) is 4.43. The molecule has 0 saturated heterocycles. The average molecular weight is 241 g/mol. The molecule has 92 valence electrons. The molecule has 3 nitrogen and oxygen atoms in total. The van der Waals surface area contributed by atoms with Gasteiger partial charge in [0.1, 0.15) is 0 Å².